The van der Waals surface area contributed by atoms with Gasteiger partial charge >= 0.3 is 0 Å². The zero-order valence-corrected chi connectivity index (χ0v) is 11.8. The zero-order valence-electron chi connectivity index (χ0n) is 10.2. The van der Waals surface area contributed by atoms with Crippen LogP contribution in [0.4, 0.5) is 4.39 Å². The maximum atomic E-state index is 13.7. The summed E-state index contributed by atoms with van der Waals surface area (Å²) in [4.78, 5) is 5.31. The Morgan fingerprint density at radius 1 is 1.44 bits per heavy atom. The van der Waals surface area contributed by atoms with E-state index in [9.17, 15) is 4.39 Å². The lowest BCUT2D eigenvalue weighted by Crippen LogP contribution is -2.21. The van der Waals surface area contributed by atoms with Crippen molar-refractivity contribution in [3.05, 3.63) is 40.1 Å². The topological polar surface area (TPSA) is 24.9 Å². The Kier molecular flexibility index (Phi) is 4.32. The maximum absolute atomic E-state index is 13.7. The van der Waals surface area contributed by atoms with Crippen LogP contribution in [0.2, 0.25) is 5.02 Å². The van der Waals surface area contributed by atoms with Crippen molar-refractivity contribution < 1.29 is 4.39 Å². The molecule has 2 aromatic rings. The Morgan fingerprint density at radius 3 is 2.89 bits per heavy atom. The molecule has 5 heteroatoms. The molecule has 1 heterocycles. The van der Waals surface area contributed by atoms with E-state index in [0.29, 0.717) is 21.6 Å². The number of nitrogens with zero attached hydrogens (tertiary/aromatic N) is 1. The van der Waals surface area contributed by atoms with E-state index in [1.807, 2.05) is 0 Å². The fourth-order valence-corrected chi connectivity index (χ4v) is 2.74. The van der Waals surface area contributed by atoms with Crippen LogP contribution in [0.15, 0.2) is 24.4 Å². The van der Waals surface area contributed by atoms with Crippen molar-refractivity contribution in [2.24, 2.45) is 0 Å². The van der Waals surface area contributed by atoms with Gasteiger partial charge in [0.1, 0.15) is 10.8 Å². The second-order valence-corrected chi connectivity index (χ2v) is 5.79. The number of hydrogen-bond donors (Lipinski definition) is 1. The standard InChI is InChI=1S/C13H14ClFN2S/c1-8(2)16-6-9-7-17-13(18-9)12-10(14)4-3-5-11(12)15/h3-5,7-8,16H,6H2,1-2H3. The third kappa shape index (κ3) is 3.07. The number of hydrogen-bond acceptors (Lipinski definition) is 3. The molecule has 0 atom stereocenters. The Morgan fingerprint density at radius 2 is 2.22 bits per heavy atom. The second-order valence-electron chi connectivity index (χ2n) is 4.26. The molecule has 0 aliphatic carbocycles. The molecule has 2 rings (SSSR count). The molecular weight excluding hydrogens is 271 g/mol. The van der Waals surface area contributed by atoms with Gasteiger partial charge in [0.25, 0.3) is 0 Å². The normalized spacial score (nSPS) is 11.2. The summed E-state index contributed by atoms with van der Waals surface area (Å²) in [5.41, 5.74) is 0.389. The minimum absolute atomic E-state index is 0.333. The van der Waals surface area contributed by atoms with Crippen LogP contribution >= 0.6 is 22.9 Å². The molecule has 0 aliphatic heterocycles. The molecular formula is C13H14ClFN2S. The molecule has 0 saturated heterocycles. The van der Waals surface area contributed by atoms with Crippen molar-refractivity contribution in [3.63, 3.8) is 0 Å². The van der Waals surface area contributed by atoms with Crippen LogP contribution in [0.5, 0.6) is 0 Å². The average Bonchev–Trinajstić information content (AvgIpc) is 2.75. The number of aromatic nitrogens is 1. The van der Waals surface area contributed by atoms with Crippen molar-refractivity contribution in [1.82, 2.24) is 10.3 Å². The van der Waals surface area contributed by atoms with Gasteiger partial charge in [-0.25, -0.2) is 9.37 Å². The molecule has 1 aromatic carbocycles. The Bertz CT molecular complexity index is 519. The Hall–Kier alpha value is -0.970. The fraction of sp³-hybridized carbons (Fsp3) is 0.308. The van der Waals surface area contributed by atoms with Gasteiger partial charge in [0.2, 0.25) is 0 Å². The van der Waals surface area contributed by atoms with Gasteiger partial charge in [0, 0.05) is 23.7 Å². The molecule has 0 aliphatic rings. The minimum atomic E-state index is -0.333. The highest BCUT2D eigenvalue weighted by molar-refractivity contribution is 7.15. The highest BCUT2D eigenvalue weighted by Crippen LogP contribution is 2.33. The van der Waals surface area contributed by atoms with Crippen LogP contribution in [-0.2, 0) is 6.54 Å². The summed E-state index contributed by atoms with van der Waals surface area (Å²) in [5, 5.41) is 4.32. The van der Waals surface area contributed by atoms with Crippen LogP contribution in [0.3, 0.4) is 0 Å². The van der Waals surface area contributed by atoms with Gasteiger partial charge in [-0.3, -0.25) is 0 Å². The molecule has 0 spiro atoms. The summed E-state index contributed by atoms with van der Waals surface area (Å²) < 4.78 is 13.7. The lowest BCUT2D eigenvalue weighted by Gasteiger charge is -2.05. The molecule has 0 amide bonds. The summed E-state index contributed by atoms with van der Waals surface area (Å²) in [5.74, 6) is -0.333. The van der Waals surface area contributed by atoms with Crippen molar-refractivity contribution in [2.75, 3.05) is 0 Å². The third-order valence-corrected chi connectivity index (χ3v) is 3.74. The number of halogens is 2. The molecule has 1 N–H and O–H groups in total. The molecule has 0 saturated carbocycles. The first kappa shape index (κ1) is 13.5. The monoisotopic (exact) mass is 284 g/mol. The third-order valence-electron chi connectivity index (χ3n) is 2.41. The summed E-state index contributed by atoms with van der Waals surface area (Å²) >= 11 is 7.47. The van der Waals surface area contributed by atoms with Gasteiger partial charge < -0.3 is 5.32 Å². The van der Waals surface area contributed by atoms with Crippen molar-refractivity contribution in [2.45, 2.75) is 26.4 Å². The van der Waals surface area contributed by atoms with Crippen LogP contribution in [0.1, 0.15) is 18.7 Å². The highest BCUT2D eigenvalue weighted by atomic mass is 35.5. The van der Waals surface area contributed by atoms with Gasteiger partial charge in [-0.05, 0) is 12.1 Å². The van der Waals surface area contributed by atoms with Crippen LogP contribution < -0.4 is 5.32 Å². The number of thiazole rings is 1. The quantitative estimate of drug-likeness (QED) is 0.914. The van der Waals surface area contributed by atoms with E-state index < -0.39 is 0 Å². The van der Waals surface area contributed by atoms with E-state index in [2.05, 4.69) is 24.1 Å². The van der Waals surface area contributed by atoms with E-state index >= 15 is 0 Å². The summed E-state index contributed by atoms with van der Waals surface area (Å²) in [7, 11) is 0. The van der Waals surface area contributed by atoms with Crippen LogP contribution in [0.25, 0.3) is 10.6 Å². The Balaban J connectivity index is 2.24. The van der Waals surface area contributed by atoms with E-state index in [1.165, 1.54) is 17.4 Å². The minimum Gasteiger partial charge on any atom is -0.310 e. The predicted molar refractivity (Wildman–Crippen MR) is 74.5 cm³/mol. The predicted octanol–water partition coefficient (Wildman–Crippen LogP) is 4.10. The van der Waals surface area contributed by atoms with Gasteiger partial charge in [-0.2, -0.15) is 0 Å². The first-order chi connectivity index (χ1) is 8.58. The highest BCUT2D eigenvalue weighted by Gasteiger charge is 2.13. The number of nitrogens with one attached hydrogen (secondary N) is 1. The van der Waals surface area contributed by atoms with Crippen molar-refractivity contribution in [3.8, 4) is 10.6 Å². The first-order valence-electron chi connectivity index (χ1n) is 5.70. The fourth-order valence-electron chi connectivity index (χ4n) is 1.51. The van der Waals surface area contributed by atoms with E-state index in [0.717, 1.165) is 11.4 Å². The van der Waals surface area contributed by atoms with Gasteiger partial charge in [0.15, 0.2) is 0 Å². The van der Waals surface area contributed by atoms with Gasteiger partial charge in [-0.1, -0.05) is 31.5 Å². The van der Waals surface area contributed by atoms with E-state index in [1.54, 1.807) is 18.3 Å². The summed E-state index contributed by atoms with van der Waals surface area (Å²) in [6.07, 6.45) is 1.76. The second kappa shape index (κ2) is 5.78. The molecule has 18 heavy (non-hydrogen) atoms. The largest absolute Gasteiger partial charge is 0.310 e. The molecule has 0 fully saturated rings. The smallest absolute Gasteiger partial charge is 0.134 e. The van der Waals surface area contributed by atoms with E-state index in [4.69, 9.17) is 11.6 Å². The first-order valence-corrected chi connectivity index (χ1v) is 6.90. The zero-order chi connectivity index (χ0) is 13.1. The summed E-state index contributed by atoms with van der Waals surface area (Å²) in [6, 6.07) is 5.07. The lowest BCUT2D eigenvalue weighted by atomic mass is 10.2. The van der Waals surface area contributed by atoms with Crippen molar-refractivity contribution >= 4 is 22.9 Å². The van der Waals surface area contributed by atoms with Crippen LogP contribution in [-0.4, -0.2) is 11.0 Å². The van der Waals surface area contributed by atoms with E-state index in [-0.39, 0.29) is 5.82 Å². The average molecular weight is 285 g/mol. The molecule has 0 radical (unpaired) electrons. The molecule has 0 unspecified atom stereocenters. The maximum Gasteiger partial charge on any atom is 0.134 e. The SMILES string of the molecule is CC(C)NCc1cnc(-c2c(F)cccc2Cl)s1. The molecule has 1 aromatic heterocycles. The molecule has 96 valence electrons. The van der Waals surface area contributed by atoms with Crippen molar-refractivity contribution in [1.29, 1.82) is 0 Å². The summed E-state index contributed by atoms with van der Waals surface area (Å²) in [6.45, 7) is 4.90. The number of rotatable bonds is 4. The van der Waals surface area contributed by atoms with Crippen LogP contribution in [0, 0.1) is 5.82 Å². The lowest BCUT2D eigenvalue weighted by molar-refractivity contribution is 0.593. The molecule has 0 bridgehead atoms. The Labute approximate surface area is 115 Å². The van der Waals surface area contributed by atoms with Gasteiger partial charge in [-0.15, -0.1) is 11.3 Å². The molecule has 2 nitrogen and oxygen atoms in total. The number of benzene rings is 1. The van der Waals surface area contributed by atoms with Gasteiger partial charge in [0.05, 0.1) is 10.6 Å².